The summed E-state index contributed by atoms with van der Waals surface area (Å²) in [4.78, 5) is 20.0. The average molecular weight is 382 g/mol. The highest BCUT2D eigenvalue weighted by Gasteiger charge is 2.19. The highest BCUT2D eigenvalue weighted by Crippen LogP contribution is 2.22. The molecule has 0 spiro atoms. The second-order valence-corrected chi connectivity index (χ2v) is 6.79. The van der Waals surface area contributed by atoms with E-state index < -0.39 is 0 Å². The molecule has 24 heavy (non-hydrogen) atoms. The van der Waals surface area contributed by atoms with Crippen molar-refractivity contribution in [3.05, 3.63) is 70.5 Å². The van der Waals surface area contributed by atoms with Crippen molar-refractivity contribution >= 4 is 15.9 Å². The topological polar surface area (TPSA) is 54.8 Å². The van der Waals surface area contributed by atoms with Gasteiger partial charge < -0.3 is 0 Å². The normalized spacial score (nSPS) is 14.4. The number of aromatic nitrogens is 4. The molecule has 0 fully saturated rings. The van der Waals surface area contributed by atoms with Crippen LogP contribution in [0.25, 0.3) is 11.4 Å². The fraction of sp³-hybridized carbons (Fsp3) is 0.222. The molecule has 0 aliphatic carbocycles. The van der Waals surface area contributed by atoms with Crippen molar-refractivity contribution in [3.63, 3.8) is 0 Å². The van der Waals surface area contributed by atoms with Gasteiger partial charge in [-0.05, 0) is 39.7 Å². The monoisotopic (exact) mass is 381 g/mol. The number of halogens is 1. The maximum Gasteiger partial charge on any atom is 0.159 e. The minimum absolute atomic E-state index is 0.779. The van der Waals surface area contributed by atoms with Crippen molar-refractivity contribution < 1.29 is 0 Å². The van der Waals surface area contributed by atoms with E-state index in [0.29, 0.717) is 0 Å². The first-order valence-corrected chi connectivity index (χ1v) is 8.64. The van der Waals surface area contributed by atoms with Gasteiger partial charge in [0.25, 0.3) is 0 Å². The first-order chi connectivity index (χ1) is 11.8. The Morgan fingerprint density at radius 1 is 1.08 bits per heavy atom. The van der Waals surface area contributed by atoms with E-state index in [2.05, 4.69) is 41.8 Å². The minimum Gasteiger partial charge on any atom is -0.294 e. The lowest BCUT2D eigenvalue weighted by molar-refractivity contribution is 0.242. The Morgan fingerprint density at radius 3 is 2.79 bits per heavy atom. The second-order valence-electron chi connectivity index (χ2n) is 5.87. The lowest BCUT2D eigenvalue weighted by Gasteiger charge is -2.28. The molecular weight excluding hydrogens is 366 g/mol. The Morgan fingerprint density at radius 2 is 1.96 bits per heavy atom. The van der Waals surface area contributed by atoms with Gasteiger partial charge in [-0.25, -0.2) is 9.97 Å². The van der Waals surface area contributed by atoms with Gasteiger partial charge in [-0.1, -0.05) is 0 Å². The zero-order valence-corrected chi connectivity index (χ0v) is 14.6. The minimum atomic E-state index is 0.779. The maximum atomic E-state index is 4.75. The molecule has 0 unspecified atom stereocenters. The Hall–Kier alpha value is -2.18. The van der Waals surface area contributed by atoms with E-state index in [0.717, 1.165) is 47.6 Å². The second kappa shape index (κ2) is 6.75. The Bertz CT molecular complexity index is 853. The predicted octanol–water partition coefficient (Wildman–Crippen LogP) is 3.25. The van der Waals surface area contributed by atoms with Gasteiger partial charge in [-0.3, -0.25) is 14.9 Å². The van der Waals surface area contributed by atoms with Crippen molar-refractivity contribution in [2.45, 2.75) is 19.5 Å². The largest absolute Gasteiger partial charge is 0.294 e. The van der Waals surface area contributed by atoms with Gasteiger partial charge in [0.1, 0.15) is 0 Å². The first-order valence-electron chi connectivity index (χ1n) is 7.85. The lowest BCUT2D eigenvalue weighted by atomic mass is 10.1. The van der Waals surface area contributed by atoms with Crippen molar-refractivity contribution in [2.24, 2.45) is 0 Å². The fourth-order valence-corrected chi connectivity index (χ4v) is 3.36. The zero-order valence-electron chi connectivity index (χ0n) is 13.1. The van der Waals surface area contributed by atoms with Gasteiger partial charge in [0, 0.05) is 72.6 Å². The van der Waals surface area contributed by atoms with Crippen LogP contribution in [0.4, 0.5) is 0 Å². The summed E-state index contributed by atoms with van der Waals surface area (Å²) in [6.07, 6.45) is 10.2. The highest BCUT2D eigenvalue weighted by molar-refractivity contribution is 9.10. The van der Waals surface area contributed by atoms with Crippen molar-refractivity contribution in [1.82, 2.24) is 24.8 Å². The number of nitrogens with zero attached hydrogens (tertiary/aromatic N) is 5. The third-order valence-corrected chi connectivity index (χ3v) is 4.55. The Labute approximate surface area is 149 Å². The van der Waals surface area contributed by atoms with Gasteiger partial charge in [-0.2, -0.15) is 0 Å². The molecule has 3 aromatic rings. The summed E-state index contributed by atoms with van der Waals surface area (Å²) < 4.78 is 1.02. The molecule has 0 bridgehead atoms. The molecule has 4 rings (SSSR count). The van der Waals surface area contributed by atoms with E-state index in [4.69, 9.17) is 4.98 Å². The Balaban J connectivity index is 1.52. The van der Waals surface area contributed by atoms with Crippen molar-refractivity contribution in [1.29, 1.82) is 0 Å². The number of rotatable bonds is 3. The Kier molecular flexibility index (Phi) is 4.32. The SMILES string of the molecule is Brc1cncc(CN2CCc3nc(-c4ccncc4)ncc3C2)c1. The van der Waals surface area contributed by atoms with E-state index >= 15 is 0 Å². The quantitative estimate of drug-likeness (QED) is 0.696. The summed E-state index contributed by atoms with van der Waals surface area (Å²) in [5, 5.41) is 0. The van der Waals surface area contributed by atoms with Gasteiger partial charge in [0.15, 0.2) is 5.82 Å². The summed E-state index contributed by atoms with van der Waals surface area (Å²) in [5.41, 5.74) is 4.58. The van der Waals surface area contributed by atoms with E-state index in [1.807, 2.05) is 30.7 Å². The molecule has 0 saturated carbocycles. The number of pyridine rings is 2. The van der Waals surface area contributed by atoms with Crippen LogP contribution >= 0.6 is 15.9 Å². The highest BCUT2D eigenvalue weighted by atomic mass is 79.9. The van der Waals surface area contributed by atoms with E-state index in [-0.39, 0.29) is 0 Å². The van der Waals surface area contributed by atoms with Crippen LogP contribution < -0.4 is 0 Å². The van der Waals surface area contributed by atoms with E-state index in [1.54, 1.807) is 12.4 Å². The third-order valence-electron chi connectivity index (χ3n) is 4.12. The van der Waals surface area contributed by atoms with Crippen LogP contribution in [0.5, 0.6) is 0 Å². The first kappa shape index (κ1) is 15.4. The van der Waals surface area contributed by atoms with E-state index in [9.17, 15) is 0 Å². The number of fused-ring (bicyclic) bond motifs is 1. The van der Waals surface area contributed by atoms with Crippen LogP contribution in [0.3, 0.4) is 0 Å². The fourth-order valence-electron chi connectivity index (χ4n) is 2.95. The smallest absolute Gasteiger partial charge is 0.159 e. The van der Waals surface area contributed by atoms with Crippen LogP contribution in [-0.4, -0.2) is 31.4 Å². The summed E-state index contributed by atoms with van der Waals surface area (Å²) in [6, 6.07) is 6.00. The average Bonchev–Trinajstić information content (AvgIpc) is 2.62. The van der Waals surface area contributed by atoms with Crippen LogP contribution in [0, 0.1) is 0 Å². The molecule has 120 valence electrons. The van der Waals surface area contributed by atoms with Gasteiger partial charge in [-0.15, -0.1) is 0 Å². The summed E-state index contributed by atoms with van der Waals surface area (Å²) in [5.74, 6) is 0.779. The molecule has 0 saturated heterocycles. The lowest BCUT2D eigenvalue weighted by Crippen LogP contribution is -2.31. The van der Waals surface area contributed by atoms with Crippen molar-refractivity contribution in [2.75, 3.05) is 6.54 Å². The summed E-state index contributed by atoms with van der Waals surface area (Å²) in [6.45, 7) is 2.75. The molecule has 3 aromatic heterocycles. The van der Waals surface area contributed by atoms with Gasteiger partial charge >= 0.3 is 0 Å². The molecule has 1 aliphatic heterocycles. The van der Waals surface area contributed by atoms with Crippen LogP contribution in [-0.2, 0) is 19.5 Å². The molecule has 1 aliphatic rings. The van der Waals surface area contributed by atoms with Crippen molar-refractivity contribution in [3.8, 4) is 11.4 Å². The molecule has 0 radical (unpaired) electrons. The third kappa shape index (κ3) is 3.34. The van der Waals surface area contributed by atoms with Crippen LogP contribution in [0.15, 0.2) is 53.7 Å². The molecule has 0 aromatic carbocycles. The van der Waals surface area contributed by atoms with E-state index in [1.165, 1.54) is 11.1 Å². The molecule has 5 nitrogen and oxygen atoms in total. The number of hydrogen-bond donors (Lipinski definition) is 0. The predicted molar refractivity (Wildman–Crippen MR) is 95.0 cm³/mol. The zero-order chi connectivity index (χ0) is 16.4. The maximum absolute atomic E-state index is 4.75. The standard InChI is InChI=1S/C18H16BrN5/c19-16-7-13(8-21-10-16)11-24-6-3-17-15(12-24)9-22-18(23-17)14-1-4-20-5-2-14/h1-2,4-5,7-10H,3,6,11-12H2. The molecule has 4 heterocycles. The molecule has 6 heteroatoms. The molecule has 0 atom stereocenters. The molecular formula is C18H16BrN5. The van der Waals surface area contributed by atoms with Gasteiger partial charge in [0.2, 0.25) is 0 Å². The van der Waals surface area contributed by atoms with Gasteiger partial charge in [0.05, 0.1) is 5.69 Å². The van der Waals surface area contributed by atoms with Crippen LogP contribution in [0.1, 0.15) is 16.8 Å². The number of hydrogen-bond acceptors (Lipinski definition) is 5. The molecule has 0 N–H and O–H groups in total. The summed E-state index contributed by atoms with van der Waals surface area (Å²) >= 11 is 3.48. The molecule has 0 amide bonds. The summed E-state index contributed by atoms with van der Waals surface area (Å²) in [7, 11) is 0. The van der Waals surface area contributed by atoms with Crippen LogP contribution in [0.2, 0.25) is 0 Å².